The third kappa shape index (κ3) is 6.39. The fraction of sp³-hybridized carbons (Fsp3) is 0.133. The zero-order valence-electron chi connectivity index (χ0n) is 21.5. The lowest BCUT2D eigenvalue weighted by molar-refractivity contribution is 0.0514. The van der Waals surface area contributed by atoms with E-state index in [2.05, 4.69) is 0 Å². The fourth-order valence-electron chi connectivity index (χ4n) is 4.07. The molecule has 0 heterocycles. The van der Waals surface area contributed by atoms with Gasteiger partial charge in [-0.3, -0.25) is 0 Å². The van der Waals surface area contributed by atoms with Crippen LogP contribution in [0.25, 0.3) is 22.3 Å². The molecule has 0 spiro atoms. The molecule has 7 nitrogen and oxygen atoms in total. The number of esters is 2. The first-order valence-electron chi connectivity index (χ1n) is 12.3. The standard InChI is InChI=1S/C30H28N2O5S2/c1-3-35-29(33)27-23(17-15-21(31)25(27)19-11-7-5-8-12-19)38-37-39-24-18-16-22(32)26(20-13-9-6-10-14-20)28(24)30(34)36-4-2/h5-18H,3-4,31-32H2,1-2H3. The van der Waals surface area contributed by atoms with E-state index in [4.69, 9.17) is 24.6 Å². The summed E-state index contributed by atoms with van der Waals surface area (Å²) in [4.78, 5) is 27.2. The van der Waals surface area contributed by atoms with Crippen LogP contribution in [0.5, 0.6) is 0 Å². The third-order valence-corrected chi connectivity index (χ3v) is 7.31. The van der Waals surface area contributed by atoms with Gasteiger partial charge in [-0.05, 0) is 49.2 Å². The minimum absolute atomic E-state index is 0.207. The summed E-state index contributed by atoms with van der Waals surface area (Å²) < 4.78 is 16.7. The van der Waals surface area contributed by atoms with Crippen molar-refractivity contribution in [2.75, 3.05) is 24.7 Å². The maximum atomic E-state index is 13.1. The number of ether oxygens (including phenoxy) is 2. The smallest absolute Gasteiger partial charge is 0.340 e. The molecule has 0 radical (unpaired) electrons. The van der Waals surface area contributed by atoms with Gasteiger partial charge >= 0.3 is 11.9 Å². The van der Waals surface area contributed by atoms with Crippen LogP contribution < -0.4 is 11.5 Å². The van der Waals surface area contributed by atoms with Crippen molar-refractivity contribution < 1.29 is 22.7 Å². The van der Waals surface area contributed by atoms with Gasteiger partial charge in [0.2, 0.25) is 0 Å². The number of nitrogens with two attached hydrogens (primary N) is 2. The lowest BCUT2D eigenvalue weighted by Gasteiger charge is -2.17. The van der Waals surface area contributed by atoms with Gasteiger partial charge in [0.25, 0.3) is 0 Å². The highest BCUT2D eigenvalue weighted by atomic mass is 32.2. The Morgan fingerprint density at radius 2 is 1.00 bits per heavy atom. The lowest BCUT2D eigenvalue weighted by Crippen LogP contribution is -2.10. The van der Waals surface area contributed by atoms with Gasteiger partial charge in [-0.25, -0.2) is 13.2 Å². The van der Waals surface area contributed by atoms with Crippen molar-refractivity contribution in [1.29, 1.82) is 0 Å². The van der Waals surface area contributed by atoms with Crippen LogP contribution in [0.3, 0.4) is 0 Å². The zero-order chi connectivity index (χ0) is 27.8. The Kier molecular flexibility index (Phi) is 9.54. The van der Waals surface area contributed by atoms with E-state index < -0.39 is 11.9 Å². The molecule has 4 aromatic carbocycles. The average molecular weight is 561 g/mol. The number of hydrogen-bond donors (Lipinski definition) is 2. The molecule has 0 aliphatic rings. The minimum atomic E-state index is -0.509. The maximum absolute atomic E-state index is 13.1. The van der Waals surface area contributed by atoms with Crippen molar-refractivity contribution in [3.63, 3.8) is 0 Å². The topological polar surface area (TPSA) is 114 Å². The molecular weight excluding hydrogens is 532 g/mol. The van der Waals surface area contributed by atoms with Crippen LogP contribution in [0.2, 0.25) is 0 Å². The summed E-state index contributed by atoms with van der Waals surface area (Å²) in [5.74, 6) is -1.02. The van der Waals surface area contributed by atoms with Crippen molar-refractivity contribution in [2.45, 2.75) is 23.6 Å². The third-order valence-electron chi connectivity index (χ3n) is 5.73. The lowest BCUT2D eigenvalue weighted by atomic mass is 9.97. The van der Waals surface area contributed by atoms with Gasteiger partial charge in [-0.15, -0.1) is 0 Å². The van der Waals surface area contributed by atoms with Crippen LogP contribution in [0.4, 0.5) is 11.4 Å². The molecule has 4 N–H and O–H groups in total. The van der Waals surface area contributed by atoms with E-state index in [1.165, 1.54) is 0 Å². The van der Waals surface area contributed by atoms with E-state index in [1.807, 2.05) is 60.7 Å². The Morgan fingerprint density at radius 1 is 0.615 bits per heavy atom. The summed E-state index contributed by atoms with van der Waals surface area (Å²) in [5.41, 5.74) is 16.8. The van der Waals surface area contributed by atoms with Crippen molar-refractivity contribution >= 4 is 47.4 Å². The molecule has 0 amide bonds. The highest BCUT2D eigenvalue weighted by Crippen LogP contribution is 2.42. The van der Waals surface area contributed by atoms with Gasteiger partial charge in [0.15, 0.2) is 0 Å². The Balaban J connectivity index is 1.70. The Morgan fingerprint density at radius 3 is 1.36 bits per heavy atom. The monoisotopic (exact) mass is 560 g/mol. The van der Waals surface area contributed by atoms with Crippen LogP contribution >= 0.6 is 24.1 Å². The Hall–Kier alpha value is -3.92. The summed E-state index contributed by atoms with van der Waals surface area (Å²) >= 11 is 1.95. The molecule has 0 aliphatic carbocycles. The van der Waals surface area contributed by atoms with Gasteiger partial charge < -0.3 is 20.9 Å². The van der Waals surface area contributed by atoms with E-state index in [9.17, 15) is 9.59 Å². The summed E-state index contributed by atoms with van der Waals surface area (Å²) in [7, 11) is 0. The van der Waals surface area contributed by atoms with E-state index in [0.717, 1.165) is 35.2 Å². The molecule has 0 bridgehead atoms. The first-order chi connectivity index (χ1) is 19.0. The number of anilines is 2. The SMILES string of the molecule is CCOC(=O)c1c(SOSc2ccc(N)c(-c3ccccc3)c2C(=O)OCC)ccc(N)c1-c1ccccc1. The van der Waals surface area contributed by atoms with Crippen molar-refractivity contribution in [1.82, 2.24) is 0 Å². The molecule has 0 saturated heterocycles. The summed E-state index contributed by atoms with van der Waals surface area (Å²) in [5, 5.41) is 0. The zero-order valence-corrected chi connectivity index (χ0v) is 23.1. The molecule has 0 aliphatic heterocycles. The summed E-state index contributed by atoms with van der Waals surface area (Å²) in [6, 6.07) is 25.7. The van der Waals surface area contributed by atoms with Crippen molar-refractivity contribution in [3.8, 4) is 22.3 Å². The summed E-state index contributed by atoms with van der Waals surface area (Å²) in [6.07, 6.45) is 0. The van der Waals surface area contributed by atoms with E-state index in [0.29, 0.717) is 43.4 Å². The van der Waals surface area contributed by atoms with Gasteiger partial charge in [-0.2, -0.15) is 0 Å². The predicted molar refractivity (Wildman–Crippen MR) is 157 cm³/mol. The van der Waals surface area contributed by atoms with Crippen LogP contribution in [-0.4, -0.2) is 25.2 Å². The summed E-state index contributed by atoms with van der Waals surface area (Å²) in [6.45, 7) is 3.90. The molecule has 9 heteroatoms. The fourth-order valence-corrected chi connectivity index (χ4v) is 5.58. The van der Waals surface area contributed by atoms with Gasteiger partial charge in [0, 0.05) is 46.6 Å². The Labute approximate surface area is 236 Å². The average Bonchev–Trinajstić information content (AvgIpc) is 2.95. The van der Waals surface area contributed by atoms with Gasteiger partial charge in [0.05, 0.1) is 34.1 Å². The van der Waals surface area contributed by atoms with E-state index in [1.54, 1.807) is 38.1 Å². The number of hydrogen-bond acceptors (Lipinski definition) is 9. The van der Waals surface area contributed by atoms with Gasteiger partial charge in [0.1, 0.15) is 0 Å². The van der Waals surface area contributed by atoms with E-state index >= 15 is 0 Å². The molecule has 0 saturated carbocycles. The second-order valence-electron chi connectivity index (χ2n) is 8.21. The normalized spacial score (nSPS) is 10.7. The van der Waals surface area contributed by atoms with Crippen LogP contribution in [-0.2, 0) is 13.1 Å². The predicted octanol–water partition coefficient (Wildman–Crippen LogP) is 7.27. The number of carbonyl (C=O) groups excluding carboxylic acids is 2. The van der Waals surface area contributed by atoms with Crippen LogP contribution in [0.1, 0.15) is 34.6 Å². The highest BCUT2D eigenvalue weighted by Gasteiger charge is 2.25. The molecule has 0 unspecified atom stereocenters. The quantitative estimate of drug-likeness (QED) is 0.117. The molecule has 4 rings (SSSR count). The minimum Gasteiger partial charge on any atom is -0.462 e. The number of rotatable bonds is 10. The molecule has 4 aromatic rings. The first kappa shape index (κ1) is 28.1. The highest BCUT2D eigenvalue weighted by molar-refractivity contribution is 8.08. The molecule has 39 heavy (non-hydrogen) atoms. The van der Waals surface area contributed by atoms with Crippen LogP contribution in [0.15, 0.2) is 94.7 Å². The second kappa shape index (κ2) is 13.2. The largest absolute Gasteiger partial charge is 0.462 e. The van der Waals surface area contributed by atoms with Crippen molar-refractivity contribution in [3.05, 3.63) is 96.1 Å². The second-order valence-corrected chi connectivity index (χ2v) is 9.97. The van der Waals surface area contributed by atoms with E-state index in [-0.39, 0.29) is 13.2 Å². The maximum Gasteiger partial charge on any atom is 0.340 e. The number of carbonyl (C=O) groups is 2. The molecular formula is C30H28N2O5S2. The molecule has 0 aromatic heterocycles. The molecule has 0 atom stereocenters. The van der Waals surface area contributed by atoms with Crippen LogP contribution in [0, 0.1) is 0 Å². The molecule has 200 valence electrons. The molecule has 0 fully saturated rings. The number of nitrogen functional groups attached to an aromatic ring is 2. The number of benzene rings is 4. The first-order valence-corrected chi connectivity index (χ1v) is 13.8. The van der Waals surface area contributed by atoms with Gasteiger partial charge in [-0.1, -0.05) is 60.7 Å². The Bertz CT molecular complexity index is 1350. The van der Waals surface area contributed by atoms with Crippen molar-refractivity contribution in [2.24, 2.45) is 0 Å².